The molecule has 0 aliphatic carbocycles. The zero-order valence-corrected chi connectivity index (χ0v) is 18.6. The van der Waals surface area contributed by atoms with Gasteiger partial charge in [-0.05, 0) is 6.42 Å². The van der Waals surface area contributed by atoms with E-state index in [9.17, 15) is 5.11 Å². The number of quaternary nitrogens is 1. The van der Waals surface area contributed by atoms with E-state index in [0.29, 0.717) is 0 Å². The smallest absolute Gasteiger partial charge is 0.104 e. The van der Waals surface area contributed by atoms with Gasteiger partial charge in [0.1, 0.15) is 12.6 Å². The minimum Gasteiger partial charge on any atom is -1.00 e. The molecule has 0 aliphatic heterocycles. The summed E-state index contributed by atoms with van der Waals surface area (Å²) < 4.78 is 0.861. The first-order valence-corrected chi connectivity index (χ1v) is 10.9. The maximum absolute atomic E-state index is 9.97. The molecule has 25 heavy (non-hydrogen) atoms. The largest absolute Gasteiger partial charge is 1.00 e. The third-order valence-corrected chi connectivity index (χ3v) is 4.90. The SMILES string of the molecule is CCCCCCCCCCCCCCCCCC(O)C[N+](C)(C)C.[Cl-]. The standard InChI is InChI=1S/C22H48NO.ClH/c1-5-6-7-8-9-10-11-12-13-14-15-16-17-18-19-20-22(24)21-23(2,3)4;/h22,24H,5-21H2,1-4H3;1H/q+1;/p-1. The summed E-state index contributed by atoms with van der Waals surface area (Å²) in [6.45, 7) is 3.16. The Morgan fingerprint density at radius 2 is 0.920 bits per heavy atom. The highest BCUT2D eigenvalue weighted by Gasteiger charge is 2.14. The fourth-order valence-electron chi connectivity index (χ4n) is 3.47. The highest BCUT2D eigenvalue weighted by Crippen LogP contribution is 2.14. The number of hydrogen-bond donors (Lipinski definition) is 1. The summed E-state index contributed by atoms with van der Waals surface area (Å²) >= 11 is 0. The van der Waals surface area contributed by atoms with Crippen LogP contribution in [0.15, 0.2) is 0 Å². The number of unbranched alkanes of at least 4 members (excludes halogenated alkanes) is 14. The van der Waals surface area contributed by atoms with Crippen LogP contribution in [0.4, 0.5) is 0 Å². The lowest BCUT2D eigenvalue weighted by molar-refractivity contribution is -0.873. The lowest BCUT2D eigenvalue weighted by Crippen LogP contribution is -3.00. The normalized spacial score (nSPS) is 12.8. The maximum atomic E-state index is 9.97. The van der Waals surface area contributed by atoms with E-state index in [0.717, 1.165) is 17.4 Å². The summed E-state index contributed by atoms with van der Waals surface area (Å²) in [5.41, 5.74) is 0. The van der Waals surface area contributed by atoms with Gasteiger partial charge in [0.25, 0.3) is 0 Å². The molecule has 0 aliphatic rings. The van der Waals surface area contributed by atoms with Crippen molar-refractivity contribution in [2.45, 2.75) is 116 Å². The van der Waals surface area contributed by atoms with Crippen LogP contribution >= 0.6 is 0 Å². The quantitative estimate of drug-likeness (QED) is 0.287. The van der Waals surface area contributed by atoms with Crippen molar-refractivity contribution in [2.24, 2.45) is 0 Å². The topological polar surface area (TPSA) is 20.2 Å². The molecule has 1 N–H and O–H groups in total. The number of rotatable bonds is 18. The van der Waals surface area contributed by atoms with Gasteiger partial charge < -0.3 is 22.0 Å². The number of nitrogens with zero attached hydrogens (tertiary/aromatic N) is 1. The number of hydrogen-bond acceptors (Lipinski definition) is 1. The molecule has 154 valence electrons. The van der Waals surface area contributed by atoms with Gasteiger partial charge in [-0.15, -0.1) is 0 Å². The third kappa shape index (κ3) is 24.2. The highest BCUT2D eigenvalue weighted by molar-refractivity contribution is 4.55. The van der Waals surface area contributed by atoms with E-state index in [1.54, 1.807) is 0 Å². The second kappa shape index (κ2) is 19.0. The number of aliphatic hydroxyl groups is 1. The highest BCUT2D eigenvalue weighted by atomic mass is 35.5. The fourth-order valence-corrected chi connectivity index (χ4v) is 3.47. The molecule has 0 aromatic rings. The Balaban J connectivity index is 0. The van der Waals surface area contributed by atoms with Gasteiger partial charge in [-0.3, -0.25) is 0 Å². The lowest BCUT2D eigenvalue weighted by atomic mass is 10.0. The van der Waals surface area contributed by atoms with Gasteiger partial charge in [0.2, 0.25) is 0 Å². The Morgan fingerprint density at radius 1 is 0.600 bits per heavy atom. The van der Waals surface area contributed by atoms with Crippen molar-refractivity contribution >= 4 is 0 Å². The number of aliphatic hydroxyl groups excluding tert-OH is 1. The first kappa shape index (κ1) is 27.4. The number of likely N-dealkylation sites (N-methyl/N-ethyl adjacent to an activating group) is 1. The third-order valence-electron chi connectivity index (χ3n) is 4.90. The lowest BCUT2D eigenvalue weighted by Gasteiger charge is -2.26. The van der Waals surface area contributed by atoms with Crippen LogP contribution in [0.3, 0.4) is 0 Å². The fraction of sp³-hybridized carbons (Fsp3) is 1.00. The molecule has 0 aromatic heterocycles. The molecule has 0 radical (unpaired) electrons. The van der Waals surface area contributed by atoms with Gasteiger partial charge in [-0.25, -0.2) is 0 Å². The predicted molar refractivity (Wildman–Crippen MR) is 108 cm³/mol. The molecular weight excluding hydrogens is 330 g/mol. The average Bonchev–Trinajstić information content (AvgIpc) is 2.49. The Hall–Kier alpha value is 0.210. The summed E-state index contributed by atoms with van der Waals surface area (Å²) in [4.78, 5) is 0. The van der Waals surface area contributed by atoms with Gasteiger partial charge in [-0.2, -0.15) is 0 Å². The van der Waals surface area contributed by atoms with Crippen molar-refractivity contribution in [1.82, 2.24) is 0 Å². The minimum atomic E-state index is -0.119. The van der Waals surface area contributed by atoms with Crippen molar-refractivity contribution < 1.29 is 22.0 Å². The van der Waals surface area contributed by atoms with E-state index in [1.165, 1.54) is 96.3 Å². The predicted octanol–water partition coefficient (Wildman–Crippen LogP) is 3.32. The average molecular weight is 378 g/mol. The summed E-state index contributed by atoms with van der Waals surface area (Å²) in [6, 6.07) is 0. The van der Waals surface area contributed by atoms with Crippen LogP contribution in [-0.2, 0) is 0 Å². The van der Waals surface area contributed by atoms with Crippen LogP contribution in [0.2, 0.25) is 0 Å². The zero-order chi connectivity index (χ0) is 18.1. The summed E-state index contributed by atoms with van der Waals surface area (Å²) in [7, 11) is 6.45. The van der Waals surface area contributed by atoms with Gasteiger partial charge in [0.05, 0.1) is 21.1 Å². The van der Waals surface area contributed by atoms with Crippen molar-refractivity contribution in [3.63, 3.8) is 0 Å². The van der Waals surface area contributed by atoms with Crippen molar-refractivity contribution in [2.75, 3.05) is 27.7 Å². The number of halogens is 1. The Kier molecular flexibility index (Phi) is 20.8. The van der Waals surface area contributed by atoms with Crippen LogP contribution in [0.1, 0.15) is 110 Å². The second-order valence-electron chi connectivity index (χ2n) is 8.87. The first-order valence-electron chi connectivity index (χ1n) is 10.9. The second-order valence-corrected chi connectivity index (χ2v) is 8.87. The molecule has 1 unspecified atom stereocenters. The van der Waals surface area contributed by atoms with E-state index in [-0.39, 0.29) is 18.5 Å². The van der Waals surface area contributed by atoms with E-state index in [1.807, 2.05) is 0 Å². The Bertz CT molecular complexity index is 253. The van der Waals surface area contributed by atoms with Crippen LogP contribution < -0.4 is 12.4 Å². The summed E-state index contributed by atoms with van der Waals surface area (Å²) in [5.74, 6) is 0. The van der Waals surface area contributed by atoms with Crippen LogP contribution in [0.25, 0.3) is 0 Å². The molecule has 3 heteroatoms. The zero-order valence-electron chi connectivity index (χ0n) is 17.9. The van der Waals surface area contributed by atoms with Gasteiger partial charge >= 0.3 is 0 Å². The van der Waals surface area contributed by atoms with Crippen LogP contribution in [0.5, 0.6) is 0 Å². The molecule has 0 heterocycles. The monoisotopic (exact) mass is 377 g/mol. The van der Waals surface area contributed by atoms with Crippen molar-refractivity contribution in [3.05, 3.63) is 0 Å². The van der Waals surface area contributed by atoms with Crippen molar-refractivity contribution in [3.8, 4) is 0 Å². The molecule has 0 amide bonds. The van der Waals surface area contributed by atoms with Gasteiger partial charge in [0, 0.05) is 0 Å². The van der Waals surface area contributed by atoms with E-state index < -0.39 is 0 Å². The van der Waals surface area contributed by atoms with Crippen LogP contribution in [0, 0.1) is 0 Å². The van der Waals surface area contributed by atoms with E-state index >= 15 is 0 Å². The molecule has 2 nitrogen and oxygen atoms in total. The molecular formula is C22H48ClNO. The first-order chi connectivity index (χ1) is 11.5. The van der Waals surface area contributed by atoms with E-state index in [2.05, 4.69) is 28.1 Å². The molecule has 0 saturated carbocycles. The molecule has 0 saturated heterocycles. The maximum Gasteiger partial charge on any atom is 0.104 e. The van der Waals surface area contributed by atoms with Gasteiger partial charge in [-0.1, -0.05) is 103 Å². The van der Waals surface area contributed by atoms with Gasteiger partial charge in [0.15, 0.2) is 0 Å². The van der Waals surface area contributed by atoms with E-state index in [4.69, 9.17) is 0 Å². The summed E-state index contributed by atoms with van der Waals surface area (Å²) in [5, 5.41) is 9.97. The molecule has 0 fully saturated rings. The molecule has 1 atom stereocenters. The Labute approximate surface area is 165 Å². The molecule has 0 spiro atoms. The molecule has 0 aromatic carbocycles. The van der Waals surface area contributed by atoms with Crippen molar-refractivity contribution in [1.29, 1.82) is 0 Å². The molecule has 0 bridgehead atoms. The summed E-state index contributed by atoms with van der Waals surface area (Å²) in [6.07, 6.45) is 21.9. The molecule has 0 rings (SSSR count). The minimum absolute atomic E-state index is 0. The Morgan fingerprint density at radius 3 is 1.24 bits per heavy atom. The van der Waals surface area contributed by atoms with Crippen LogP contribution in [-0.4, -0.2) is 43.4 Å².